The highest BCUT2D eigenvalue weighted by Gasteiger charge is 2.32. The van der Waals surface area contributed by atoms with Gasteiger partial charge >= 0.3 is 0 Å². The summed E-state index contributed by atoms with van der Waals surface area (Å²) in [4.78, 5) is 26.0. The summed E-state index contributed by atoms with van der Waals surface area (Å²) in [7, 11) is 0. The standard InChI is InChI=1S/C16H18N2O2/c1-3-9-18(10-4-2)16(20)13-11-15(19)17-14-8-6-5-7-12(13)14/h3-8,13H,1-2,9-11H2,(H,17,19). The number of hydrogen-bond acceptors (Lipinski definition) is 2. The molecule has 1 aliphatic heterocycles. The number of nitrogens with one attached hydrogen (secondary N) is 1. The normalized spacial score (nSPS) is 16.8. The lowest BCUT2D eigenvalue weighted by molar-refractivity contribution is -0.134. The van der Waals surface area contributed by atoms with Crippen LogP contribution in [-0.2, 0) is 9.59 Å². The first-order valence-electron chi connectivity index (χ1n) is 6.56. The van der Waals surface area contributed by atoms with E-state index in [1.165, 1.54) is 0 Å². The SMILES string of the molecule is C=CCN(CC=C)C(=O)C1CC(=O)Nc2ccccc21. The number of amides is 2. The van der Waals surface area contributed by atoms with Gasteiger partial charge < -0.3 is 10.2 Å². The molecule has 4 heteroatoms. The van der Waals surface area contributed by atoms with Crippen LogP contribution in [0.2, 0.25) is 0 Å². The number of benzene rings is 1. The van der Waals surface area contributed by atoms with Crippen LogP contribution in [0.4, 0.5) is 5.69 Å². The Balaban J connectivity index is 2.31. The molecule has 1 heterocycles. The van der Waals surface area contributed by atoms with E-state index in [1.807, 2.05) is 24.3 Å². The molecule has 4 nitrogen and oxygen atoms in total. The molecule has 0 saturated carbocycles. The Morgan fingerprint density at radius 2 is 1.95 bits per heavy atom. The van der Waals surface area contributed by atoms with Gasteiger partial charge in [0, 0.05) is 25.2 Å². The van der Waals surface area contributed by atoms with E-state index in [1.54, 1.807) is 17.1 Å². The van der Waals surface area contributed by atoms with Crippen LogP contribution >= 0.6 is 0 Å². The largest absolute Gasteiger partial charge is 0.335 e. The Morgan fingerprint density at radius 3 is 2.60 bits per heavy atom. The molecular formula is C16H18N2O2. The van der Waals surface area contributed by atoms with E-state index in [0.717, 1.165) is 11.3 Å². The number of nitrogens with zero attached hydrogens (tertiary/aromatic N) is 1. The maximum atomic E-state index is 12.6. The highest BCUT2D eigenvalue weighted by atomic mass is 16.2. The Hall–Kier alpha value is -2.36. The van der Waals surface area contributed by atoms with Crippen molar-refractivity contribution in [3.63, 3.8) is 0 Å². The molecule has 0 bridgehead atoms. The third kappa shape index (κ3) is 2.79. The van der Waals surface area contributed by atoms with Crippen LogP contribution in [0.25, 0.3) is 0 Å². The van der Waals surface area contributed by atoms with E-state index in [0.29, 0.717) is 13.1 Å². The molecule has 0 aliphatic carbocycles. The molecule has 1 aromatic rings. The van der Waals surface area contributed by atoms with Crippen molar-refractivity contribution >= 4 is 17.5 Å². The van der Waals surface area contributed by atoms with Crippen molar-refractivity contribution in [2.24, 2.45) is 0 Å². The fraction of sp³-hybridized carbons (Fsp3) is 0.250. The van der Waals surface area contributed by atoms with Crippen LogP contribution in [0.1, 0.15) is 17.9 Å². The third-order valence-electron chi connectivity index (χ3n) is 3.31. The van der Waals surface area contributed by atoms with Crippen LogP contribution in [0.5, 0.6) is 0 Å². The molecule has 0 radical (unpaired) electrons. The minimum Gasteiger partial charge on any atom is -0.335 e. The summed E-state index contributed by atoms with van der Waals surface area (Å²) in [5.41, 5.74) is 1.59. The number of fused-ring (bicyclic) bond motifs is 1. The van der Waals surface area contributed by atoms with Crippen molar-refractivity contribution < 1.29 is 9.59 Å². The Kier molecular flexibility index (Phi) is 4.35. The van der Waals surface area contributed by atoms with Crippen molar-refractivity contribution in [1.29, 1.82) is 0 Å². The quantitative estimate of drug-likeness (QED) is 0.835. The van der Waals surface area contributed by atoms with Gasteiger partial charge in [0.1, 0.15) is 0 Å². The number of anilines is 1. The number of carbonyl (C=O) groups excluding carboxylic acids is 2. The summed E-state index contributed by atoms with van der Waals surface area (Å²) in [6, 6.07) is 7.43. The Bertz CT molecular complexity index is 541. The van der Waals surface area contributed by atoms with Gasteiger partial charge in [-0.3, -0.25) is 9.59 Å². The number of rotatable bonds is 5. The van der Waals surface area contributed by atoms with Crippen LogP contribution in [0.15, 0.2) is 49.6 Å². The highest BCUT2D eigenvalue weighted by molar-refractivity contribution is 6.01. The molecule has 1 unspecified atom stereocenters. The molecule has 0 fully saturated rings. The van der Waals surface area contributed by atoms with Gasteiger partial charge in [-0.25, -0.2) is 0 Å². The summed E-state index contributed by atoms with van der Waals surface area (Å²) >= 11 is 0. The lowest BCUT2D eigenvalue weighted by Crippen LogP contribution is -2.38. The highest BCUT2D eigenvalue weighted by Crippen LogP contribution is 2.33. The lowest BCUT2D eigenvalue weighted by atomic mass is 9.89. The number of para-hydroxylation sites is 1. The van der Waals surface area contributed by atoms with E-state index in [-0.39, 0.29) is 18.2 Å². The van der Waals surface area contributed by atoms with Crippen LogP contribution < -0.4 is 5.32 Å². The fourth-order valence-corrected chi connectivity index (χ4v) is 2.42. The second kappa shape index (κ2) is 6.19. The maximum absolute atomic E-state index is 12.6. The van der Waals surface area contributed by atoms with Gasteiger partial charge in [-0.05, 0) is 11.6 Å². The topological polar surface area (TPSA) is 49.4 Å². The van der Waals surface area contributed by atoms with Gasteiger partial charge in [0.25, 0.3) is 0 Å². The summed E-state index contributed by atoms with van der Waals surface area (Å²) in [5.74, 6) is -0.619. The lowest BCUT2D eigenvalue weighted by Gasteiger charge is -2.29. The zero-order valence-corrected chi connectivity index (χ0v) is 11.3. The predicted molar refractivity (Wildman–Crippen MR) is 79.4 cm³/mol. The smallest absolute Gasteiger partial charge is 0.231 e. The van der Waals surface area contributed by atoms with Crippen molar-refractivity contribution in [3.05, 3.63) is 55.1 Å². The van der Waals surface area contributed by atoms with Crippen molar-refractivity contribution in [3.8, 4) is 0 Å². The van der Waals surface area contributed by atoms with E-state index in [4.69, 9.17) is 0 Å². The second-order valence-corrected chi connectivity index (χ2v) is 4.71. The molecule has 0 saturated heterocycles. The van der Waals surface area contributed by atoms with Gasteiger partial charge in [-0.15, -0.1) is 13.2 Å². The first-order chi connectivity index (χ1) is 9.67. The Labute approximate surface area is 118 Å². The van der Waals surface area contributed by atoms with Crippen molar-refractivity contribution in [2.75, 3.05) is 18.4 Å². The minimum atomic E-state index is -0.431. The average molecular weight is 270 g/mol. The third-order valence-corrected chi connectivity index (χ3v) is 3.31. The maximum Gasteiger partial charge on any atom is 0.231 e. The summed E-state index contributed by atoms with van der Waals surface area (Å²) in [6.45, 7) is 8.22. The van der Waals surface area contributed by atoms with Gasteiger partial charge in [-0.2, -0.15) is 0 Å². The molecule has 1 aliphatic rings. The van der Waals surface area contributed by atoms with Gasteiger partial charge in [0.15, 0.2) is 0 Å². The summed E-state index contributed by atoms with van der Waals surface area (Å²) in [5, 5.41) is 2.80. The van der Waals surface area contributed by atoms with Crippen molar-refractivity contribution in [2.45, 2.75) is 12.3 Å². The van der Waals surface area contributed by atoms with Gasteiger partial charge in [0.2, 0.25) is 11.8 Å². The predicted octanol–water partition coefficient (Wildman–Crippen LogP) is 2.31. The zero-order chi connectivity index (χ0) is 14.5. The molecule has 1 N–H and O–H groups in total. The number of carbonyl (C=O) groups is 2. The van der Waals surface area contributed by atoms with E-state index in [2.05, 4.69) is 18.5 Å². The van der Waals surface area contributed by atoms with Gasteiger partial charge in [-0.1, -0.05) is 30.4 Å². The fourth-order valence-electron chi connectivity index (χ4n) is 2.42. The van der Waals surface area contributed by atoms with E-state index < -0.39 is 5.92 Å². The molecule has 20 heavy (non-hydrogen) atoms. The first kappa shape index (κ1) is 14.1. The molecule has 1 atom stereocenters. The van der Waals surface area contributed by atoms with Gasteiger partial charge in [0.05, 0.1) is 5.92 Å². The molecule has 2 rings (SSSR count). The van der Waals surface area contributed by atoms with Crippen molar-refractivity contribution in [1.82, 2.24) is 4.90 Å². The first-order valence-corrected chi connectivity index (χ1v) is 6.56. The Morgan fingerprint density at radius 1 is 1.30 bits per heavy atom. The molecule has 0 spiro atoms. The minimum absolute atomic E-state index is 0.0629. The monoisotopic (exact) mass is 270 g/mol. The molecule has 1 aromatic carbocycles. The molecule has 0 aromatic heterocycles. The zero-order valence-electron chi connectivity index (χ0n) is 11.3. The van der Waals surface area contributed by atoms with E-state index >= 15 is 0 Å². The number of hydrogen-bond donors (Lipinski definition) is 1. The second-order valence-electron chi connectivity index (χ2n) is 4.71. The summed E-state index contributed by atoms with van der Waals surface area (Å²) in [6.07, 6.45) is 3.53. The van der Waals surface area contributed by atoms with Crippen LogP contribution in [0, 0.1) is 0 Å². The summed E-state index contributed by atoms with van der Waals surface area (Å²) < 4.78 is 0. The molecule has 104 valence electrons. The average Bonchev–Trinajstić information content (AvgIpc) is 2.45. The molecular weight excluding hydrogens is 252 g/mol. The molecule has 2 amide bonds. The van der Waals surface area contributed by atoms with E-state index in [9.17, 15) is 9.59 Å². The van der Waals surface area contributed by atoms with Crippen LogP contribution in [-0.4, -0.2) is 29.8 Å². The van der Waals surface area contributed by atoms with Crippen LogP contribution in [0.3, 0.4) is 0 Å².